The van der Waals surface area contributed by atoms with Gasteiger partial charge in [0.05, 0.1) is 0 Å². The van der Waals surface area contributed by atoms with E-state index in [1.54, 1.807) is 7.05 Å². The van der Waals surface area contributed by atoms with Crippen LogP contribution in [0.4, 0.5) is 0 Å². The molecule has 3 rings (SSSR count). The lowest BCUT2D eigenvalue weighted by atomic mass is 10.1. The molecule has 1 aliphatic heterocycles. The first kappa shape index (κ1) is 16.3. The van der Waals surface area contributed by atoms with Gasteiger partial charge in [-0.2, -0.15) is 0 Å². The average molecular weight is 326 g/mol. The van der Waals surface area contributed by atoms with Crippen LogP contribution in [0.1, 0.15) is 34.5 Å². The Morgan fingerprint density at radius 1 is 1.17 bits per heavy atom. The lowest BCUT2D eigenvalue weighted by Crippen LogP contribution is -2.22. The Morgan fingerprint density at radius 2 is 2.00 bits per heavy atom. The maximum absolute atomic E-state index is 11.7. The van der Waals surface area contributed by atoms with Gasteiger partial charge in [-0.15, -0.1) is 0 Å². The normalized spacial score (nSPS) is 13.6. The maximum Gasteiger partial charge on any atom is 0.251 e. The molecule has 5 nitrogen and oxygen atoms in total. The number of fused-ring (bicyclic) bond motifs is 1. The molecule has 24 heavy (non-hydrogen) atoms. The molecule has 0 radical (unpaired) electrons. The maximum atomic E-state index is 11.7. The van der Waals surface area contributed by atoms with Gasteiger partial charge in [0.1, 0.15) is 0 Å². The Labute approximate surface area is 142 Å². The smallest absolute Gasteiger partial charge is 0.251 e. The van der Waals surface area contributed by atoms with Crippen molar-refractivity contribution in [2.75, 3.05) is 20.4 Å². The summed E-state index contributed by atoms with van der Waals surface area (Å²) in [5, 5.41) is 6.15. The zero-order valence-corrected chi connectivity index (χ0v) is 14.0. The largest absolute Gasteiger partial charge is 0.454 e. The van der Waals surface area contributed by atoms with Gasteiger partial charge in [0, 0.05) is 18.7 Å². The fourth-order valence-electron chi connectivity index (χ4n) is 2.75. The van der Waals surface area contributed by atoms with E-state index in [2.05, 4.69) is 23.6 Å². The first-order valence-corrected chi connectivity index (χ1v) is 8.11. The van der Waals surface area contributed by atoms with E-state index in [1.165, 1.54) is 5.56 Å². The van der Waals surface area contributed by atoms with Crippen LogP contribution in [0.25, 0.3) is 0 Å². The number of ether oxygens (including phenoxy) is 2. The number of hydrogen-bond acceptors (Lipinski definition) is 4. The molecule has 126 valence electrons. The quantitative estimate of drug-likeness (QED) is 0.857. The zero-order valence-electron chi connectivity index (χ0n) is 14.0. The van der Waals surface area contributed by atoms with Crippen LogP contribution in [0.5, 0.6) is 11.5 Å². The molecule has 5 heteroatoms. The highest BCUT2D eigenvalue weighted by atomic mass is 16.7. The van der Waals surface area contributed by atoms with E-state index in [0.717, 1.165) is 30.0 Å². The van der Waals surface area contributed by atoms with Crippen LogP contribution in [0.3, 0.4) is 0 Å². The van der Waals surface area contributed by atoms with Crippen molar-refractivity contribution in [3.63, 3.8) is 0 Å². The van der Waals surface area contributed by atoms with E-state index < -0.39 is 0 Å². The molecule has 0 aromatic heterocycles. The summed E-state index contributed by atoms with van der Waals surface area (Å²) in [7, 11) is 1.64. The number of nitrogens with one attached hydrogen (secondary N) is 2. The van der Waals surface area contributed by atoms with E-state index in [4.69, 9.17) is 9.47 Å². The molecule has 1 aliphatic rings. The topological polar surface area (TPSA) is 59.6 Å². The van der Waals surface area contributed by atoms with Gasteiger partial charge in [0.15, 0.2) is 11.5 Å². The molecule has 0 saturated heterocycles. The van der Waals surface area contributed by atoms with Gasteiger partial charge in [-0.05, 0) is 55.3 Å². The Morgan fingerprint density at radius 3 is 2.83 bits per heavy atom. The van der Waals surface area contributed by atoms with Crippen molar-refractivity contribution in [3.8, 4) is 11.5 Å². The monoisotopic (exact) mass is 326 g/mol. The first-order valence-electron chi connectivity index (χ1n) is 8.11. The molecule has 2 N–H and O–H groups in total. The van der Waals surface area contributed by atoms with Crippen molar-refractivity contribution in [2.45, 2.75) is 19.4 Å². The summed E-state index contributed by atoms with van der Waals surface area (Å²) in [5.74, 6) is 1.55. The minimum absolute atomic E-state index is 0.0569. The number of benzene rings is 2. The summed E-state index contributed by atoms with van der Waals surface area (Å²) in [4.78, 5) is 11.7. The Hall–Kier alpha value is -2.53. The summed E-state index contributed by atoms with van der Waals surface area (Å²) in [6.45, 7) is 3.24. The Balaban J connectivity index is 1.55. The van der Waals surface area contributed by atoms with Crippen LogP contribution in [0.15, 0.2) is 42.5 Å². The van der Waals surface area contributed by atoms with Crippen LogP contribution < -0.4 is 20.1 Å². The molecule has 0 fully saturated rings. The molecule has 2 aromatic carbocycles. The molecular formula is C19H22N2O3. The highest BCUT2D eigenvalue weighted by Crippen LogP contribution is 2.34. The lowest BCUT2D eigenvalue weighted by Gasteiger charge is -2.15. The van der Waals surface area contributed by atoms with E-state index in [9.17, 15) is 4.79 Å². The number of amides is 1. The Bertz CT molecular complexity index is 730. The first-order chi connectivity index (χ1) is 11.7. The SMILES string of the molecule is CNC(=O)c1cccc(CCN[C@@H](C)c2ccc3c(c2)OCO3)c1. The van der Waals surface area contributed by atoms with Crippen molar-refractivity contribution >= 4 is 5.91 Å². The summed E-state index contributed by atoms with van der Waals surface area (Å²) in [5.41, 5.74) is 3.00. The van der Waals surface area contributed by atoms with E-state index in [-0.39, 0.29) is 11.9 Å². The number of rotatable bonds is 6. The Kier molecular flexibility index (Phi) is 5.01. The number of carbonyl (C=O) groups is 1. The molecule has 0 saturated carbocycles. The van der Waals surface area contributed by atoms with Crippen molar-refractivity contribution in [1.82, 2.24) is 10.6 Å². The fourth-order valence-corrected chi connectivity index (χ4v) is 2.75. The molecule has 0 unspecified atom stereocenters. The number of carbonyl (C=O) groups excluding carboxylic acids is 1. The van der Waals surface area contributed by atoms with Crippen LogP contribution in [-0.2, 0) is 6.42 Å². The summed E-state index contributed by atoms with van der Waals surface area (Å²) in [6, 6.07) is 13.9. The summed E-state index contributed by atoms with van der Waals surface area (Å²) in [6.07, 6.45) is 0.861. The molecule has 2 aromatic rings. The molecule has 0 spiro atoms. The van der Waals surface area contributed by atoms with E-state index in [1.807, 2.05) is 36.4 Å². The standard InChI is InChI=1S/C19H22N2O3/c1-13(15-6-7-17-18(11-15)24-12-23-17)21-9-8-14-4-3-5-16(10-14)19(22)20-2/h3-7,10-11,13,21H,8-9,12H2,1-2H3,(H,20,22)/t13-/m0/s1. The average Bonchev–Trinajstić information content (AvgIpc) is 3.09. The van der Waals surface area contributed by atoms with Gasteiger partial charge in [0.2, 0.25) is 6.79 Å². The second kappa shape index (κ2) is 7.36. The molecule has 1 amide bonds. The minimum Gasteiger partial charge on any atom is -0.454 e. The predicted octanol–water partition coefficient (Wildman–Crippen LogP) is 2.67. The van der Waals surface area contributed by atoms with Gasteiger partial charge in [-0.1, -0.05) is 18.2 Å². The summed E-state index contributed by atoms with van der Waals surface area (Å²) < 4.78 is 10.8. The van der Waals surface area contributed by atoms with E-state index in [0.29, 0.717) is 12.4 Å². The lowest BCUT2D eigenvalue weighted by molar-refractivity contribution is 0.0963. The van der Waals surface area contributed by atoms with Crippen molar-refractivity contribution in [1.29, 1.82) is 0 Å². The van der Waals surface area contributed by atoms with Gasteiger partial charge in [-0.3, -0.25) is 4.79 Å². The minimum atomic E-state index is -0.0569. The van der Waals surface area contributed by atoms with Crippen molar-refractivity contribution in [3.05, 3.63) is 59.2 Å². The molecular weight excluding hydrogens is 304 g/mol. The van der Waals surface area contributed by atoms with Crippen LogP contribution in [0, 0.1) is 0 Å². The van der Waals surface area contributed by atoms with Gasteiger partial charge in [-0.25, -0.2) is 0 Å². The fraction of sp³-hybridized carbons (Fsp3) is 0.316. The third-order valence-electron chi connectivity index (χ3n) is 4.18. The molecule has 1 atom stereocenters. The third-order valence-corrected chi connectivity index (χ3v) is 4.18. The predicted molar refractivity (Wildman–Crippen MR) is 92.5 cm³/mol. The highest BCUT2D eigenvalue weighted by Gasteiger charge is 2.15. The van der Waals surface area contributed by atoms with Crippen molar-refractivity contribution < 1.29 is 14.3 Å². The second-order valence-corrected chi connectivity index (χ2v) is 5.82. The molecule has 0 aliphatic carbocycles. The zero-order chi connectivity index (χ0) is 16.9. The second-order valence-electron chi connectivity index (χ2n) is 5.82. The van der Waals surface area contributed by atoms with Gasteiger partial charge in [0.25, 0.3) is 5.91 Å². The van der Waals surface area contributed by atoms with Crippen molar-refractivity contribution in [2.24, 2.45) is 0 Å². The third kappa shape index (κ3) is 3.68. The van der Waals surface area contributed by atoms with Crippen LogP contribution in [-0.4, -0.2) is 26.3 Å². The summed E-state index contributed by atoms with van der Waals surface area (Å²) >= 11 is 0. The van der Waals surface area contributed by atoms with E-state index >= 15 is 0 Å². The van der Waals surface area contributed by atoms with Gasteiger partial charge >= 0.3 is 0 Å². The van der Waals surface area contributed by atoms with Gasteiger partial charge < -0.3 is 20.1 Å². The van der Waals surface area contributed by atoms with Crippen LogP contribution >= 0.6 is 0 Å². The van der Waals surface area contributed by atoms with Crippen LogP contribution in [0.2, 0.25) is 0 Å². The number of hydrogen-bond donors (Lipinski definition) is 2. The molecule has 1 heterocycles. The molecule has 0 bridgehead atoms. The highest BCUT2D eigenvalue weighted by molar-refractivity contribution is 5.94.